The molecular weight excluding hydrogens is 434 g/mol. The summed E-state index contributed by atoms with van der Waals surface area (Å²) in [5.74, 6) is -0.690. The van der Waals surface area contributed by atoms with Crippen molar-refractivity contribution in [3.63, 3.8) is 0 Å². The average molecular weight is 458 g/mol. The lowest BCUT2D eigenvalue weighted by molar-refractivity contribution is -0.140. The number of hydrogen-bond donors (Lipinski definition) is 1. The highest BCUT2D eigenvalue weighted by Crippen LogP contribution is 2.42. The summed E-state index contributed by atoms with van der Waals surface area (Å²) in [5, 5.41) is 11.6. The predicted molar refractivity (Wildman–Crippen MR) is 119 cm³/mol. The van der Waals surface area contributed by atoms with Crippen molar-refractivity contribution in [3.05, 3.63) is 64.2 Å². The van der Waals surface area contributed by atoms with Crippen LogP contribution in [0.1, 0.15) is 30.0 Å². The molecule has 2 aromatic rings. The Hall–Kier alpha value is -3.03. The Kier molecular flexibility index (Phi) is 6.39. The standard InChI is InChI=1S/C24H24ClNO6/c1-30-18-10-7-15(12-19(18)31-2)21-20(22(27)14-5-8-16(25)9-6-14)23(28)24(29)26(21)13-17-4-3-11-32-17/h5-10,12,17,21,27H,3-4,11,13H2,1-2H3/t17-,21-/m0/s1. The zero-order valence-electron chi connectivity index (χ0n) is 17.8. The molecule has 4 rings (SSSR count). The molecule has 2 saturated heterocycles. The summed E-state index contributed by atoms with van der Waals surface area (Å²) < 4.78 is 16.5. The molecule has 0 saturated carbocycles. The number of Topliss-reactive ketones (excluding diaryl/α,β-unsaturated/α-hetero) is 1. The number of halogens is 1. The van der Waals surface area contributed by atoms with Crippen LogP contribution in [0.15, 0.2) is 48.0 Å². The van der Waals surface area contributed by atoms with E-state index in [9.17, 15) is 14.7 Å². The van der Waals surface area contributed by atoms with E-state index in [-0.39, 0.29) is 24.0 Å². The highest BCUT2D eigenvalue weighted by atomic mass is 35.5. The third-order valence-corrected chi connectivity index (χ3v) is 6.06. The number of ether oxygens (including phenoxy) is 3. The number of benzene rings is 2. The maximum atomic E-state index is 13.1. The van der Waals surface area contributed by atoms with Crippen molar-refractivity contribution < 1.29 is 28.9 Å². The minimum absolute atomic E-state index is 0.0162. The second-order valence-corrected chi connectivity index (χ2v) is 8.14. The molecule has 0 aromatic heterocycles. The fourth-order valence-corrected chi connectivity index (χ4v) is 4.33. The topological polar surface area (TPSA) is 85.3 Å². The number of carbonyl (C=O) groups excluding carboxylic acids is 2. The lowest BCUT2D eigenvalue weighted by Crippen LogP contribution is -2.36. The number of carbonyl (C=O) groups is 2. The summed E-state index contributed by atoms with van der Waals surface area (Å²) in [5.41, 5.74) is 1.04. The van der Waals surface area contributed by atoms with Crippen LogP contribution < -0.4 is 9.47 Å². The third kappa shape index (κ3) is 4.06. The second-order valence-electron chi connectivity index (χ2n) is 7.71. The van der Waals surface area contributed by atoms with E-state index in [2.05, 4.69) is 0 Å². The number of methoxy groups -OCH3 is 2. The molecule has 2 heterocycles. The van der Waals surface area contributed by atoms with Gasteiger partial charge in [-0.1, -0.05) is 17.7 Å². The van der Waals surface area contributed by atoms with Crippen molar-refractivity contribution in [2.45, 2.75) is 25.0 Å². The van der Waals surface area contributed by atoms with Crippen LogP contribution in [-0.4, -0.2) is 55.2 Å². The number of aliphatic hydroxyl groups is 1. The van der Waals surface area contributed by atoms with Crippen molar-refractivity contribution >= 4 is 29.1 Å². The van der Waals surface area contributed by atoms with Gasteiger partial charge in [-0.15, -0.1) is 0 Å². The van der Waals surface area contributed by atoms with Gasteiger partial charge >= 0.3 is 0 Å². The molecule has 0 spiro atoms. The Morgan fingerprint density at radius 3 is 2.47 bits per heavy atom. The van der Waals surface area contributed by atoms with Crippen molar-refractivity contribution in [2.75, 3.05) is 27.4 Å². The largest absolute Gasteiger partial charge is 0.507 e. The number of ketones is 1. The number of likely N-dealkylation sites (tertiary alicyclic amines) is 1. The monoisotopic (exact) mass is 457 g/mol. The van der Waals surface area contributed by atoms with Gasteiger partial charge in [0.05, 0.1) is 31.9 Å². The molecule has 0 unspecified atom stereocenters. The van der Waals surface area contributed by atoms with Gasteiger partial charge in [0.25, 0.3) is 11.7 Å². The first kappa shape index (κ1) is 22.2. The molecule has 1 amide bonds. The van der Waals surface area contributed by atoms with Gasteiger partial charge < -0.3 is 24.2 Å². The molecule has 1 N–H and O–H groups in total. The molecule has 0 bridgehead atoms. The minimum Gasteiger partial charge on any atom is -0.507 e. The van der Waals surface area contributed by atoms with Gasteiger partial charge in [-0.25, -0.2) is 0 Å². The van der Waals surface area contributed by atoms with Gasteiger partial charge in [0.2, 0.25) is 0 Å². The van der Waals surface area contributed by atoms with E-state index in [1.165, 1.54) is 19.1 Å². The normalized spacial score (nSPS) is 22.4. The van der Waals surface area contributed by atoms with Gasteiger partial charge in [-0.3, -0.25) is 9.59 Å². The zero-order chi connectivity index (χ0) is 22.8. The minimum atomic E-state index is -0.797. The van der Waals surface area contributed by atoms with E-state index in [0.717, 1.165) is 12.8 Å². The Balaban J connectivity index is 1.85. The van der Waals surface area contributed by atoms with E-state index in [0.29, 0.717) is 34.3 Å². The molecule has 0 aliphatic carbocycles. The van der Waals surface area contributed by atoms with E-state index in [1.54, 1.807) is 42.5 Å². The SMILES string of the molecule is COc1ccc([C@H]2C(=C(O)c3ccc(Cl)cc3)C(=O)C(=O)N2C[C@@H]2CCCO2)cc1OC. The number of hydrogen-bond acceptors (Lipinski definition) is 6. The van der Waals surface area contributed by atoms with Gasteiger partial charge in [0.15, 0.2) is 11.5 Å². The van der Waals surface area contributed by atoms with E-state index in [4.69, 9.17) is 25.8 Å². The molecule has 168 valence electrons. The Morgan fingerprint density at radius 1 is 1.12 bits per heavy atom. The molecule has 2 aliphatic rings. The van der Waals surface area contributed by atoms with E-state index in [1.807, 2.05) is 0 Å². The summed E-state index contributed by atoms with van der Waals surface area (Å²) in [6.07, 6.45) is 1.55. The van der Waals surface area contributed by atoms with Gasteiger partial charge in [-0.05, 0) is 54.8 Å². The molecule has 0 radical (unpaired) electrons. The van der Waals surface area contributed by atoms with Gasteiger partial charge in [0, 0.05) is 23.7 Å². The Morgan fingerprint density at radius 2 is 1.84 bits per heavy atom. The molecule has 32 heavy (non-hydrogen) atoms. The Bertz CT molecular complexity index is 1060. The van der Waals surface area contributed by atoms with Crippen LogP contribution in [0.2, 0.25) is 5.02 Å². The van der Waals surface area contributed by atoms with E-state index >= 15 is 0 Å². The highest BCUT2D eigenvalue weighted by Gasteiger charge is 2.47. The van der Waals surface area contributed by atoms with Crippen LogP contribution in [-0.2, 0) is 14.3 Å². The predicted octanol–water partition coefficient (Wildman–Crippen LogP) is 3.96. The van der Waals surface area contributed by atoms with Crippen LogP contribution in [0.3, 0.4) is 0 Å². The molecular formula is C24H24ClNO6. The van der Waals surface area contributed by atoms with Crippen LogP contribution >= 0.6 is 11.6 Å². The fourth-order valence-electron chi connectivity index (χ4n) is 4.21. The summed E-state index contributed by atoms with van der Waals surface area (Å²) >= 11 is 5.97. The third-order valence-electron chi connectivity index (χ3n) is 5.81. The number of nitrogens with zero attached hydrogens (tertiary/aromatic N) is 1. The maximum Gasteiger partial charge on any atom is 0.295 e. The molecule has 7 nitrogen and oxygen atoms in total. The highest BCUT2D eigenvalue weighted by molar-refractivity contribution is 6.46. The average Bonchev–Trinajstić information content (AvgIpc) is 3.41. The first-order valence-electron chi connectivity index (χ1n) is 10.3. The fraction of sp³-hybridized carbons (Fsp3) is 0.333. The van der Waals surface area contributed by atoms with Crippen molar-refractivity contribution in [3.8, 4) is 11.5 Å². The smallest absolute Gasteiger partial charge is 0.295 e. The van der Waals surface area contributed by atoms with Gasteiger partial charge in [0.1, 0.15) is 5.76 Å². The number of amides is 1. The second kappa shape index (κ2) is 9.22. The summed E-state index contributed by atoms with van der Waals surface area (Å²) in [6.45, 7) is 0.876. The first-order valence-corrected chi connectivity index (χ1v) is 10.7. The molecule has 2 aromatic carbocycles. The van der Waals surface area contributed by atoms with Crippen molar-refractivity contribution in [1.82, 2.24) is 4.90 Å². The molecule has 2 fully saturated rings. The lowest BCUT2D eigenvalue weighted by Gasteiger charge is -2.28. The van der Waals surface area contributed by atoms with Crippen LogP contribution in [0.4, 0.5) is 0 Å². The van der Waals surface area contributed by atoms with Crippen LogP contribution in [0, 0.1) is 0 Å². The summed E-state index contributed by atoms with van der Waals surface area (Å²) in [6, 6.07) is 10.8. The summed E-state index contributed by atoms with van der Waals surface area (Å²) in [7, 11) is 3.04. The van der Waals surface area contributed by atoms with Crippen molar-refractivity contribution in [1.29, 1.82) is 0 Å². The number of rotatable bonds is 6. The molecule has 2 aliphatic heterocycles. The zero-order valence-corrected chi connectivity index (χ0v) is 18.6. The summed E-state index contributed by atoms with van der Waals surface area (Å²) in [4.78, 5) is 27.6. The maximum absolute atomic E-state index is 13.1. The Labute approximate surface area is 191 Å². The van der Waals surface area contributed by atoms with Crippen LogP contribution in [0.5, 0.6) is 11.5 Å². The molecule has 2 atom stereocenters. The molecule has 8 heteroatoms. The first-order chi connectivity index (χ1) is 15.4. The van der Waals surface area contributed by atoms with Gasteiger partial charge in [-0.2, -0.15) is 0 Å². The number of aliphatic hydroxyl groups excluding tert-OH is 1. The van der Waals surface area contributed by atoms with E-state index < -0.39 is 17.7 Å². The van der Waals surface area contributed by atoms with Crippen molar-refractivity contribution in [2.24, 2.45) is 0 Å². The van der Waals surface area contributed by atoms with Crippen LogP contribution in [0.25, 0.3) is 5.76 Å². The lowest BCUT2D eigenvalue weighted by atomic mass is 9.95. The quantitative estimate of drug-likeness (QED) is 0.401.